The van der Waals surface area contributed by atoms with E-state index in [2.05, 4.69) is 10.6 Å². The molecular weight excluding hydrogens is 1690 g/mol. The maximum absolute atomic E-state index is 14.9. The second kappa shape index (κ2) is 43.1. The minimum atomic E-state index is -2.05. The van der Waals surface area contributed by atoms with Crippen LogP contribution in [0.15, 0.2) is 103 Å². The Bertz CT molecular complexity index is 4820. The Morgan fingerprint density at radius 2 is 1.01 bits per heavy atom. The highest BCUT2D eigenvalue weighted by Gasteiger charge is 2.59. The van der Waals surface area contributed by atoms with Crippen LogP contribution < -0.4 is 48.9 Å². The minimum absolute atomic E-state index is 0.0105. The number of carbonyl (C=O) groups excluding carboxylic acids is 8. The number of nitrogens with zero attached hydrogens (tertiary/aromatic N) is 5. The van der Waals surface area contributed by atoms with Crippen LogP contribution >= 0.6 is 0 Å². The molecule has 4 fully saturated rings. The minimum Gasteiger partial charge on any atom is -0.493 e. The number of nitrogens with one attached hydrogen (secondary N) is 2. The van der Waals surface area contributed by atoms with Crippen LogP contribution in [0.25, 0.3) is 0 Å². The highest BCUT2D eigenvalue weighted by molar-refractivity contribution is 6.13. The first kappa shape index (κ1) is 94.2. The van der Waals surface area contributed by atoms with Crippen molar-refractivity contribution in [2.24, 2.45) is 5.41 Å². The quantitative estimate of drug-likeness (QED) is 0.0197. The van der Waals surface area contributed by atoms with Gasteiger partial charge in [0, 0.05) is 56.9 Å². The summed E-state index contributed by atoms with van der Waals surface area (Å²) < 4.78 is 80.5. The molecule has 12 N–H and O–H groups in total. The number of aliphatic hydroxyl groups excluding tert-OH is 8. The van der Waals surface area contributed by atoms with Gasteiger partial charge < -0.3 is 138 Å². The number of methoxy groups -OCH3 is 2. The molecule has 0 radical (unpaired) electrons. The number of hydrogen-bond acceptors (Lipinski definition) is 32. The number of ether oxygens (including phenoxy) is 14. The van der Waals surface area contributed by atoms with Crippen molar-refractivity contribution in [3.05, 3.63) is 137 Å². The monoisotopic (exact) mass is 1790 g/mol. The van der Waals surface area contributed by atoms with E-state index in [0.717, 1.165) is 33.8 Å². The number of anilines is 3. The highest BCUT2D eigenvalue weighted by Crippen LogP contribution is 2.57. The van der Waals surface area contributed by atoms with Gasteiger partial charge in [0.2, 0.25) is 24.4 Å². The topological polar surface area (TPSA) is 542 Å². The summed E-state index contributed by atoms with van der Waals surface area (Å²) in [6.45, 7) is 1.55. The zero-order chi connectivity index (χ0) is 91.0. The average Bonchev–Trinajstić information content (AvgIpc) is 1.57. The first-order chi connectivity index (χ1) is 61.6. The number of benzene rings is 5. The van der Waals surface area contributed by atoms with Gasteiger partial charge in [-0.15, -0.1) is 0 Å². The predicted octanol–water partition coefficient (Wildman–Crippen LogP) is 2.38. The summed E-state index contributed by atoms with van der Waals surface area (Å²) in [6.07, 6.45) is -17.0. The molecule has 1 aliphatic carbocycles. The van der Waals surface area contributed by atoms with Crippen molar-refractivity contribution in [2.75, 3.05) is 115 Å². The number of amides is 8. The van der Waals surface area contributed by atoms with Gasteiger partial charge in [-0.25, -0.2) is 29.0 Å². The molecule has 8 amide bonds. The lowest BCUT2D eigenvalue weighted by molar-refractivity contribution is -0.271. The van der Waals surface area contributed by atoms with E-state index in [0.29, 0.717) is 76.6 Å². The van der Waals surface area contributed by atoms with Crippen molar-refractivity contribution >= 4 is 76.6 Å². The van der Waals surface area contributed by atoms with Gasteiger partial charge in [0.15, 0.2) is 47.7 Å². The third-order valence-corrected chi connectivity index (χ3v) is 23.2. The van der Waals surface area contributed by atoms with E-state index in [9.17, 15) is 99.0 Å². The number of unbranched alkanes of at least 4 members (excludes halogenated alkanes) is 4. The van der Waals surface area contributed by atoms with Crippen LogP contribution in [-0.4, -0.2) is 311 Å². The summed E-state index contributed by atoms with van der Waals surface area (Å²) in [4.78, 5) is 138. The van der Waals surface area contributed by atoms with Crippen molar-refractivity contribution in [1.29, 1.82) is 0 Å². The molecular formula is C87H105N7O34. The molecule has 41 nitrogen and oxygen atoms in total. The fourth-order valence-corrected chi connectivity index (χ4v) is 16.0. The Labute approximate surface area is 733 Å². The van der Waals surface area contributed by atoms with Crippen molar-refractivity contribution in [3.8, 4) is 34.5 Å². The molecule has 7 heterocycles. The fraction of sp³-hybridized carbons (Fsp3) is 0.517. The van der Waals surface area contributed by atoms with Crippen molar-refractivity contribution in [1.82, 2.24) is 20.0 Å². The van der Waals surface area contributed by atoms with E-state index < -0.39 is 134 Å². The van der Waals surface area contributed by atoms with Crippen LogP contribution in [0.2, 0.25) is 0 Å². The summed E-state index contributed by atoms with van der Waals surface area (Å²) >= 11 is 0. The van der Waals surface area contributed by atoms with Crippen LogP contribution in [0.1, 0.15) is 114 Å². The van der Waals surface area contributed by atoms with Gasteiger partial charge in [0.05, 0.1) is 127 Å². The maximum atomic E-state index is 14.9. The molecule has 41 heteroatoms. The lowest BCUT2D eigenvalue weighted by Crippen LogP contribution is -2.61. The molecule has 692 valence electrons. The summed E-state index contributed by atoms with van der Waals surface area (Å²) in [5.41, 5.74) is 1.74. The molecule has 8 aliphatic rings. The van der Waals surface area contributed by atoms with Crippen LogP contribution in [0.4, 0.5) is 26.7 Å². The Morgan fingerprint density at radius 3 is 1.57 bits per heavy atom. The molecule has 0 bridgehead atoms. The molecule has 1 spiro atoms. The Hall–Kier alpha value is -11.4. The molecule has 1 saturated carbocycles. The lowest BCUT2D eigenvalue weighted by Gasteiger charge is -2.39. The molecule has 0 aromatic heterocycles. The first-order valence-electron chi connectivity index (χ1n) is 42.1. The van der Waals surface area contributed by atoms with Gasteiger partial charge >= 0.3 is 24.1 Å². The van der Waals surface area contributed by atoms with Crippen molar-refractivity contribution in [2.45, 2.75) is 183 Å². The second-order valence-corrected chi connectivity index (χ2v) is 31.9. The standard InChI is InChI=1S/C87H105N7O34/c1-115-61-39-53-56(93(79(107)58-38-50-11-6-7-12-51(50)44-91(58)77(53)105)85(113)123-45-48-14-17-52(18-15-48)125-83-73(103)69(99)71(101)75(127-83)81(109)110)41-63(61)121-27-9-4-10-28-122-64-42-57-54(40-62(64)116-2)78(106)92-47-87(23-24-87)43-59(92)80(108)94(57)86(114)124-46-49-16-19-60(126-84-74(104)70(100)72(102)76(128-84)82(111)112)55(37-49)89-66(96)22-29-117-31-33-119-35-36-120-34-32-118-30-25-88-65(95)13-5-3-8-26-90-67(97)20-21-68(90)98/h6-7,11-12,14-21,37,39-42,58-59,69-76,79-80,83-84,99-104,107-108H,3-5,8-10,13,22-36,38,43-47H2,1-2H3,(H,88,95)(H,89,96)(H,109,110)(H,111,112)/t58-,59-,69-,70-,71-,72-,73+,74+,75-,76-,79-,80-,83+,84+/m0/s1. The smallest absolute Gasteiger partial charge is 0.416 e. The molecule has 5 aromatic carbocycles. The average molecular weight is 1790 g/mol. The second-order valence-electron chi connectivity index (χ2n) is 31.9. The molecule has 3 saturated heterocycles. The number of hydrogen-bond donors (Lipinski definition) is 12. The van der Waals surface area contributed by atoms with Gasteiger partial charge in [0.1, 0.15) is 61.3 Å². The largest absolute Gasteiger partial charge is 0.493 e. The third-order valence-electron chi connectivity index (χ3n) is 23.2. The molecule has 14 atom stereocenters. The van der Waals surface area contributed by atoms with E-state index in [4.69, 9.17) is 66.3 Å². The van der Waals surface area contributed by atoms with Gasteiger partial charge in [-0.3, -0.25) is 33.7 Å². The summed E-state index contributed by atoms with van der Waals surface area (Å²) in [6, 6.07) is 21.0. The van der Waals surface area contributed by atoms with Crippen molar-refractivity contribution in [3.63, 3.8) is 0 Å². The normalized spacial score (nSPS) is 24.2. The van der Waals surface area contributed by atoms with E-state index >= 15 is 0 Å². The van der Waals surface area contributed by atoms with Crippen LogP contribution in [0.5, 0.6) is 34.5 Å². The molecule has 13 rings (SSSR count). The zero-order valence-corrected chi connectivity index (χ0v) is 70.2. The van der Waals surface area contributed by atoms with E-state index in [1.54, 1.807) is 4.90 Å². The summed E-state index contributed by atoms with van der Waals surface area (Å²) in [7, 11) is 2.75. The molecule has 128 heavy (non-hydrogen) atoms. The third kappa shape index (κ3) is 22.5. The van der Waals surface area contributed by atoms with Crippen LogP contribution in [0, 0.1) is 5.41 Å². The number of aliphatic hydroxyl groups is 8. The first-order valence-corrected chi connectivity index (χ1v) is 42.1. The molecule has 5 aromatic rings. The number of aliphatic carboxylic acids is 2. The predicted molar refractivity (Wildman–Crippen MR) is 440 cm³/mol. The Kier molecular flexibility index (Phi) is 31.7. The van der Waals surface area contributed by atoms with E-state index in [-0.39, 0.29) is 183 Å². The maximum Gasteiger partial charge on any atom is 0.416 e. The van der Waals surface area contributed by atoms with E-state index in [1.807, 2.05) is 24.3 Å². The van der Waals surface area contributed by atoms with Gasteiger partial charge in [0.25, 0.3) is 23.6 Å². The van der Waals surface area contributed by atoms with Gasteiger partial charge in [-0.05, 0) is 122 Å². The Balaban J connectivity index is 0.613. The zero-order valence-electron chi connectivity index (χ0n) is 70.2. The highest BCUT2D eigenvalue weighted by atomic mass is 16.7. The van der Waals surface area contributed by atoms with Crippen molar-refractivity contribution < 1.29 is 165 Å². The number of imide groups is 1. The summed E-state index contributed by atoms with van der Waals surface area (Å²) in [5.74, 6) is -5.47. The number of rotatable bonds is 42. The number of carboxylic acid groups (broad SMARTS) is 2. The molecule has 7 aliphatic heterocycles. The van der Waals surface area contributed by atoms with Gasteiger partial charge in [-0.1, -0.05) is 48.9 Å². The summed E-state index contributed by atoms with van der Waals surface area (Å²) in [5, 5.41) is 112. The van der Waals surface area contributed by atoms with Crippen LogP contribution in [-0.2, 0) is 92.8 Å². The van der Waals surface area contributed by atoms with E-state index in [1.165, 1.54) is 103 Å². The number of fused-ring (bicyclic) bond motifs is 5. The molecule has 0 unspecified atom stereocenters. The SMILES string of the molecule is COc1cc2c(cc1OCCCCCOc1cc3c(cc1OC)C(=O)N1CC4(CC4)C[C@H]1[C@H](O)N3C(=O)OCc1ccc(O[C@@H]3O[C@H](C(=O)O)[C@@H](O)[C@H](O)[C@H]3O)c(NC(=O)CCOCCOCCOCCOCCNC(=O)CCCCCN3C(=O)C=CC3=O)c1)N(C(=O)OCc1ccc(O[C@@H]3O[C@H](C(=O)O)[C@@H](O)[C@H](O)[C@H]3O)cc1)[C@@H](O)[C@@H]1Cc3ccccc3CN1C2=O. The number of carbonyl (C=O) groups is 10. The Morgan fingerprint density at radius 1 is 0.492 bits per heavy atom. The number of carboxylic acids is 2. The van der Waals surface area contributed by atoms with Gasteiger partial charge in [-0.2, -0.15) is 0 Å². The fourth-order valence-electron chi connectivity index (χ4n) is 16.0. The lowest BCUT2D eigenvalue weighted by atomic mass is 9.93. The van der Waals surface area contributed by atoms with Crippen LogP contribution in [0.3, 0.4) is 0 Å².